The SMILES string of the molecule is COc1ccccc1CN(C(=O)c1cccs1)C(C(=O)NC1CCCCC1)c1ccc(C)o1. The number of hydrogen-bond donors (Lipinski definition) is 1. The van der Waals surface area contributed by atoms with Crippen molar-refractivity contribution >= 4 is 23.2 Å². The monoisotopic (exact) mass is 466 g/mol. The van der Waals surface area contributed by atoms with Crippen LogP contribution in [0.3, 0.4) is 0 Å². The van der Waals surface area contributed by atoms with Gasteiger partial charge in [0.25, 0.3) is 11.8 Å². The van der Waals surface area contributed by atoms with Gasteiger partial charge in [0.05, 0.1) is 18.5 Å². The summed E-state index contributed by atoms with van der Waals surface area (Å²) in [5.74, 6) is 1.40. The van der Waals surface area contributed by atoms with E-state index >= 15 is 0 Å². The molecule has 2 amide bonds. The van der Waals surface area contributed by atoms with Gasteiger partial charge in [0.1, 0.15) is 17.3 Å². The first-order valence-electron chi connectivity index (χ1n) is 11.4. The quantitative estimate of drug-likeness (QED) is 0.476. The van der Waals surface area contributed by atoms with Crippen LogP contribution >= 0.6 is 11.3 Å². The van der Waals surface area contributed by atoms with Gasteiger partial charge in [-0.3, -0.25) is 9.59 Å². The van der Waals surface area contributed by atoms with Crippen molar-refractivity contribution in [1.82, 2.24) is 10.2 Å². The standard InChI is InChI=1S/C26H30N2O4S/c1-18-14-15-22(32-18)24(25(29)27-20-10-4-3-5-11-20)28(26(30)23-13-8-16-33-23)17-19-9-6-7-12-21(19)31-2/h6-9,12-16,20,24H,3-5,10-11,17H2,1-2H3,(H,27,29). The van der Waals surface area contributed by atoms with Crippen molar-refractivity contribution in [2.75, 3.05) is 7.11 Å². The van der Waals surface area contributed by atoms with Gasteiger partial charge in [-0.2, -0.15) is 0 Å². The number of hydrogen-bond acceptors (Lipinski definition) is 5. The number of nitrogens with zero attached hydrogens (tertiary/aromatic N) is 1. The van der Waals surface area contributed by atoms with Crippen molar-refractivity contribution in [2.45, 2.75) is 57.7 Å². The molecule has 1 fully saturated rings. The Balaban J connectivity index is 1.73. The highest BCUT2D eigenvalue weighted by Gasteiger charge is 2.36. The fourth-order valence-corrected chi connectivity index (χ4v) is 5.07. The summed E-state index contributed by atoms with van der Waals surface area (Å²) in [6.07, 6.45) is 5.33. The maximum atomic E-state index is 13.7. The average Bonchev–Trinajstić information content (AvgIpc) is 3.51. The average molecular weight is 467 g/mol. The maximum absolute atomic E-state index is 13.7. The van der Waals surface area contributed by atoms with Crippen molar-refractivity contribution in [3.63, 3.8) is 0 Å². The summed E-state index contributed by atoms with van der Waals surface area (Å²) in [5, 5.41) is 5.06. The van der Waals surface area contributed by atoms with Crippen LogP contribution in [0.5, 0.6) is 5.75 Å². The summed E-state index contributed by atoms with van der Waals surface area (Å²) in [4.78, 5) is 29.6. The Hall–Kier alpha value is -3.06. The number of nitrogens with one attached hydrogen (secondary N) is 1. The Morgan fingerprint density at radius 1 is 1.12 bits per heavy atom. The fraction of sp³-hybridized carbons (Fsp3) is 0.385. The van der Waals surface area contributed by atoms with E-state index in [0.29, 0.717) is 22.1 Å². The van der Waals surface area contributed by atoms with Gasteiger partial charge in [-0.1, -0.05) is 43.5 Å². The van der Waals surface area contributed by atoms with Crippen molar-refractivity contribution in [3.8, 4) is 5.75 Å². The molecule has 0 saturated heterocycles. The molecule has 1 saturated carbocycles. The van der Waals surface area contributed by atoms with E-state index in [2.05, 4.69) is 5.32 Å². The van der Waals surface area contributed by atoms with Gasteiger partial charge in [0, 0.05) is 11.6 Å². The first-order valence-corrected chi connectivity index (χ1v) is 12.3. The highest BCUT2D eigenvalue weighted by Crippen LogP contribution is 2.31. The molecule has 2 aromatic heterocycles. The fourth-order valence-electron chi connectivity index (χ4n) is 4.39. The number of amides is 2. The second-order valence-corrected chi connectivity index (χ2v) is 9.36. The molecular formula is C26H30N2O4S. The maximum Gasteiger partial charge on any atom is 0.265 e. The highest BCUT2D eigenvalue weighted by atomic mass is 32.1. The number of thiophene rings is 1. The molecule has 33 heavy (non-hydrogen) atoms. The molecule has 7 heteroatoms. The lowest BCUT2D eigenvalue weighted by molar-refractivity contribution is -0.127. The Morgan fingerprint density at radius 2 is 1.91 bits per heavy atom. The molecule has 4 rings (SSSR count). The lowest BCUT2D eigenvalue weighted by atomic mass is 9.95. The predicted molar refractivity (Wildman–Crippen MR) is 128 cm³/mol. The third-order valence-corrected chi connectivity index (χ3v) is 6.93. The number of carbonyl (C=O) groups is 2. The van der Waals surface area contributed by atoms with Crippen molar-refractivity contribution in [2.24, 2.45) is 0 Å². The van der Waals surface area contributed by atoms with Gasteiger partial charge in [-0.05, 0) is 49.4 Å². The molecule has 1 atom stereocenters. The van der Waals surface area contributed by atoms with E-state index in [1.54, 1.807) is 24.1 Å². The molecule has 1 N–H and O–H groups in total. The molecule has 1 unspecified atom stereocenters. The number of ether oxygens (including phenoxy) is 1. The Bertz CT molecular complexity index is 1070. The Kier molecular flexibility index (Phi) is 7.50. The van der Waals surface area contributed by atoms with Gasteiger partial charge in [-0.25, -0.2) is 0 Å². The third kappa shape index (κ3) is 5.47. The van der Waals surface area contributed by atoms with E-state index < -0.39 is 6.04 Å². The van der Waals surface area contributed by atoms with Crippen LogP contribution in [0.4, 0.5) is 0 Å². The second kappa shape index (κ2) is 10.7. The molecule has 0 spiro atoms. The van der Waals surface area contributed by atoms with Crippen LogP contribution in [0.15, 0.2) is 58.3 Å². The Morgan fingerprint density at radius 3 is 2.58 bits per heavy atom. The lowest BCUT2D eigenvalue weighted by Crippen LogP contribution is -2.46. The van der Waals surface area contributed by atoms with Crippen molar-refractivity contribution in [3.05, 3.63) is 75.9 Å². The van der Waals surface area contributed by atoms with Crippen LogP contribution in [0.1, 0.15) is 64.9 Å². The van der Waals surface area contributed by atoms with Crippen LogP contribution < -0.4 is 10.1 Å². The van der Waals surface area contributed by atoms with Crippen LogP contribution in [0.25, 0.3) is 0 Å². The van der Waals surface area contributed by atoms with E-state index in [1.165, 1.54) is 17.8 Å². The van der Waals surface area contributed by atoms with Crippen molar-refractivity contribution in [1.29, 1.82) is 0 Å². The molecule has 0 bridgehead atoms. The van der Waals surface area contributed by atoms with Gasteiger partial charge in [-0.15, -0.1) is 11.3 Å². The number of furan rings is 1. The molecule has 1 aliphatic rings. The topological polar surface area (TPSA) is 71.8 Å². The van der Waals surface area contributed by atoms with E-state index in [9.17, 15) is 9.59 Å². The van der Waals surface area contributed by atoms with Gasteiger partial charge in [0.2, 0.25) is 0 Å². The Labute approximate surface area is 198 Å². The molecule has 1 aromatic carbocycles. The smallest absolute Gasteiger partial charge is 0.265 e. The van der Waals surface area contributed by atoms with Crippen LogP contribution in [0.2, 0.25) is 0 Å². The molecule has 6 nitrogen and oxygen atoms in total. The van der Waals surface area contributed by atoms with E-state index in [-0.39, 0.29) is 24.4 Å². The van der Waals surface area contributed by atoms with E-state index in [1.807, 2.05) is 48.7 Å². The molecule has 0 radical (unpaired) electrons. The zero-order valence-corrected chi connectivity index (χ0v) is 19.9. The van der Waals surface area contributed by atoms with E-state index in [0.717, 1.165) is 31.2 Å². The van der Waals surface area contributed by atoms with Crippen molar-refractivity contribution < 1.29 is 18.7 Å². The summed E-state index contributed by atoms with van der Waals surface area (Å²) in [7, 11) is 1.60. The van der Waals surface area contributed by atoms with Crippen LogP contribution in [-0.4, -0.2) is 29.9 Å². The third-order valence-electron chi connectivity index (χ3n) is 6.07. The summed E-state index contributed by atoms with van der Waals surface area (Å²) in [6.45, 7) is 2.05. The number of benzene rings is 1. The van der Waals surface area contributed by atoms with E-state index in [4.69, 9.17) is 9.15 Å². The molecule has 3 aromatic rings. The van der Waals surface area contributed by atoms with Gasteiger partial charge in [0.15, 0.2) is 6.04 Å². The number of methoxy groups -OCH3 is 1. The van der Waals surface area contributed by atoms with Gasteiger partial charge >= 0.3 is 0 Å². The normalized spacial score (nSPS) is 15.1. The first kappa shape index (κ1) is 23.1. The highest BCUT2D eigenvalue weighted by molar-refractivity contribution is 7.12. The summed E-state index contributed by atoms with van der Waals surface area (Å²) >= 11 is 1.36. The molecular weight excluding hydrogens is 436 g/mol. The van der Waals surface area contributed by atoms with Crippen LogP contribution in [0, 0.1) is 6.92 Å². The number of rotatable bonds is 8. The van der Waals surface area contributed by atoms with Crippen LogP contribution in [-0.2, 0) is 11.3 Å². The minimum absolute atomic E-state index is 0.120. The summed E-state index contributed by atoms with van der Waals surface area (Å²) in [5.41, 5.74) is 0.823. The minimum atomic E-state index is -0.889. The largest absolute Gasteiger partial charge is 0.496 e. The predicted octanol–water partition coefficient (Wildman–Crippen LogP) is 5.49. The number of aryl methyl sites for hydroxylation is 1. The molecule has 2 heterocycles. The number of para-hydroxylation sites is 1. The lowest BCUT2D eigenvalue weighted by Gasteiger charge is -2.32. The number of carbonyl (C=O) groups excluding carboxylic acids is 2. The molecule has 0 aliphatic heterocycles. The molecule has 174 valence electrons. The zero-order chi connectivity index (χ0) is 23.2. The first-order chi connectivity index (χ1) is 16.1. The summed E-state index contributed by atoms with van der Waals surface area (Å²) in [6, 6.07) is 14.0. The summed E-state index contributed by atoms with van der Waals surface area (Å²) < 4.78 is 11.4. The van der Waals surface area contributed by atoms with Gasteiger partial charge < -0.3 is 19.4 Å². The molecule has 1 aliphatic carbocycles. The second-order valence-electron chi connectivity index (χ2n) is 8.42. The minimum Gasteiger partial charge on any atom is -0.496 e. The zero-order valence-electron chi connectivity index (χ0n) is 19.1.